The first-order valence-corrected chi connectivity index (χ1v) is 6.45. The minimum absolute atomic E-state index is 0.0213. The van der Waals surface area contributed by atoms with E-state index in [1.165, 1.54) is 14.0 Å². The van der Waals surface area contributed by atoms with Crippen molar-refractivity contribution < 1.29 is 14.3 Å². The molecule has 2 aromatic carbocycles. The molecule has 0 heterocycles. The Morgan fingerprint density at radius 1 is 1.14 bits per heavy atom. The maximum Gasteiger partial charge on any atom is 0.161 e. The Bertz CT molecular complexity index is 684. The number of rotatable bonds is 5. The highest BCUT2D eigenvalue weighted by Crippen LogP contribution is 2.29. The van der Waals surface area contributed by atoms with Crippen molar-refractivity contribution in [2.24, 2.45) is 0 Å². The number of ketones is 1. The zero-order chi connectivity index (χ0) is 15.2. The van der Waals surface area contributed by atoms with Crippen molar-refractivity contribution >= 4 is 5.78 Å². The molecule has 0 amide bonds. The highest BCUT2D eigenvalue weighted by atomic mass is 16.5. The summed E-state index contributed by atoms with van der Waals surface area (Å²) >= 11 is 0. The first-order valence-electron chi connectivity index (χ1n) is 6.45. The van der Waals surface area contributed by atoms with Crippen LogP contribution in [0.1, 0.15) is 28.4 Å². The van der Waals surface area contributed by atoms with Gasteiger partial charge in [0.15, 0.2) is 17.3 Å². The van der Waals surface area contributed by atoms with E-state index in [2.05, 4.69) is 6.07 Å². The summed E-state index contributed by atoms with van der Waals surface area (Å²) in [4.78, 5) is 11.3. The molecular formula is C17H15NO3. The summed E-state index contributed by atoms with van der Waals surface area (Å²) in [7, 11) is 1.54. The maximum atomic E-state index is 11.3. The lowest BCUT2D eigenvalue weighted by Gasteiger charge is -2.11. The first-order chi connectivity index (χ1) is 10.1. The van der Waals surface area contributed by atoms with Gasteiger partial charge in [0.05, 0.1) is 18.7 Å². The van der Waals surface area contributed by atoms with Crippen LogP contribution in [0.2, 0.25) is 0 Å². The van der Waals surface area contributed by atoms with Crippen LogP contribution in [0.3, 0.4) is 0 Å². The van der Waals surface area contributed by atoms with Gasteiger partial charge in [-0.25, -0.2) is 0 Å². The van der Waals surface area contributed by atoms with E-state index in [0.29, 0.717) is 29.2 Å². The van der Waals surface area contributed by atoms with Crippen molar-refractivity contribution in [2.45, 2.75) is 13.5 Å². The van der Waals surface area contributed by atoms with Gasteiger partial charge in [-0.1, -0.05) is 12.1 Å². The standard InChI is InChI=1S/C17H15NO3/c1-12(19)15-7-8-16(17(9-15)20-2)21-11-14-5-3-13(10-18)4-6-14/h3-9H,11H2,1-2H3. The van der Waals surface area contributed by atoms with Gasteiger partial charge in [0, 0.05) is 5.56 Å². The molecule has 0 unspecified atom stereocenters. The van der Waals surface area contributed by atoms with Crippen LogP contribution in [-0.4, -0.2) is 12.9 Å². The molecule has 0 aliphatic heterocycles. The van der Waals surface area contributed by atoms with Crippen LogP contribution in [0.25, 0.3) is 0 Å². The van der Waals surface area contributed by atoms with Crippen molar-refractivity contribution in [3.05, 3.63) is 59.2 Å². The quantitative estimate of drug-likeness (QED) is 0.788. The van der Waals surface area contributed by atoms with Gasteiger partial charge >= 0.3 is 0 Å². The molecule has 0 N–H and O–H groups in total. The summed E-state index contributed by atoms with van der Waals surface area (Å²) in [6.07, 6.45) is 0. The second-order valence-corrected chi connectivity index (χ2v) is 4.52. The Labute approximate surface area is 123 Å². The van der Waals surface area contributed by atoms with Crippen molar-refractivity contribution in [2.75, 3.05) is 7.11 Å². The number of hydrogen-bond donors (Lipinski definition) is 0. The molecule has 0 spiro atoms. The molecule has 0 saturated carbocycles. The molecule has 0 saturated heterocycles. The van der Waals surface area contributed by atoms with E-state index in [1.807, 2.05) is 12.1 Å². The average molecular weight is 281 g/mol. The summed E-state index contributed by atoms with van der Waals surface area (Å²) in [6, 6.07) is 14.3. The van der Waals surface area contributed by atoms with Crippen LogP contribution in [0.15, 0.2) is 42.5 Å². The third-order valence-electron chi connectivity index (χ3n) is 3.05. The number of carbonyl (C=O) groups is 1. The molecule has 21 heavy (non-hydrogen) atoms. The molecule has 0 radical (unpaired) electrons. The number of methoxy groups -OCH3 is 1. The number of benzene rings is 2. The van der Waals surface area contributed by atoms with Gasteiger partial charge < -0.3 is 9.47 Å². The van der Waals surface area contributed by atoms with Crippen LogP contribution in [0.5, 0.6) is 11.5 Å². The average Bonchev–Trinajstić information content (AvgIpc) is 2.53. The molecule has 4 nitrogen and oxygen atoms in total. The fraction of sp³-hybridized carbons (Fsp3) is 0.176. The van der Waals surface area contributed by atoms with Crippen molar-refractivity contribution in [3.63, 3.8) is 0 Å². The number of ether oxygens (including phenoxy) is 2. The lowest BCUT2D eigenvalue weighted by Crippen LogP contribution is -2.00. The molecule has 0 fully saturated rings. The topological polar surface area (TPSA) is 59.3 Å². The molecular weight excluding hydrogens is 266 g/mol. The molecule has 2 aromatic rings. The molecule has 106 valence electrons. The Hall–Kier alpha value is -2.80. The Balaban J connectivity index is 2.12. The van der Waals surface area contributed by atoms with Crippen molar-refractivity contribution in [1.29, 1.82) is 5.26 Å². The van der Waals surface area contributed by atoms with E-state index in [0.717, 1.165) is 5.56 Å². The number of Topliss-reactive ketones (excluding diaryl/α,β-unsaturated/α-hetero) is 1. The first kappa shape index (κ1) is 14.6. The van der Waals surface area contributed by atoms with Crippen LogP contribution < -0.4 is 9.47 Å². The van der Waals surface area contributed by atoms with Crippen molar-refractivity contribution in [1.82, 2.24) is 0 Å². The summed E-state index contributed by atoms with van der Waals surface area (Å²) in [5.41, 5.74) is 2.14. The van der Waals surface area contributed by atoms with Crippen LogP contribution in [0.4, 0.5) is 0 Å². The molecule has 2 rings (SSSR count). The number of nitrogens with zero attached hydrogens (tertiary/aromatic N) is 1. The van der Waals surface area contributed by atoms with Gasteiger partial charge in [0.2, 0.25) is 0 Å². The van der Waals surface area contributed by atoms with Gasteiger partial charge in [-0.3, -0.25) is 4.79 Å². The Morgan fingerprint density at radius 3 is 2.43 bits per heavy atom. The fourth-order valence-corrected chi connectivity index (χ4v) is 1.84. The second-order valence-electron chi connectivity index (χ2n) is 4.52. The third kappa shape index (κ3) is 3.61. The predicted octanol–water partition coefficient (Wildman–Crippen LogP) is 3.35. The van der Waals surface area contributed by atoms with Gasteiger partial charge in [-0.05, 0) is 42.8 Å². The van der Waals surface area contributed by atoms with Gasteiger partial charge in [-0.15, -0.1) is 0 Å². The zero-order valence-electron chi connectivity index (χ0n) is 11.9. The van der Waals surface area contributed by atoms with E-state index >= 15 is 0 Å². The summed E-state index contributed by atoms with van der Waals surface area (Å²) in [6.45, 7) is 1.87. The molecule has 0 aromatic heterocycles. The lowest BCUT2D eigenvalue weighted by molar-refractivity contribution is 0.101. The minimum Gasteiger partial charge on any atom is -0.493 e. The number of carbonyl (C=O) groups excluding carboxylic acids is 1. The Morgan fingerprint density at radius 2 is 1.86 bits per heavy atom. The van der Waals surface area contributed by atoms with Crippen LogP contribution in [0, 0.1) is 11.3 Å². The Kier molecular flexibility index (Phi) is 4.57. The van der Waals surface area contributed by atoms with Gasteiger partial charge in [0.25, 0.3) is 0 Å². The lowest BCUT2D eigenvalue weighted by atomic mass is 10.1. The molecule has 0 aliphatic carbocycles. The zero-order valence-corrected chi connectivity index (χ0v) is 11.9. The van der Waals surface area contributed by atoms with E-state index in [-0.39, 0.29) is 5.78 Å². The fourth-order valence-electron chi connectivity index (χ4n) is 1.84. The highest BCUT2D eigenvalue weighted by molar-refractivity contribution is 5.94. The summed E-state index contributed by atoms with van der Waals surface area (Å²) in [5.74, 6) is 1.08. The highest BCUT2D eigenvalue weighted by Gasteiger charge is 2.08. The molecule has 0 atom stereocenters. The van der Waals surface area contributed by atoms with Crippen molar-refractivity contribution in [3.8, 4) is 17.6 Å². The number of hydrogen-bond acceptors (Lipinski definition) is 4. The van der Waals surface area contributed by atoms with E-state index in [9.17, 15) is 4.79 Å². The minimum atomic E-state index is -0.0213. The van der Waals surface area contributed by atoms with E-state index in [1.54, 1.807) is 30.3 Å². The smallest absolute Gasteiger partial charge is 0.161 e. The normalized spacial score (nSPS) is 9.76. The summed E-state index contributed by atoms with van der Waals surface area (Å²) < 4.78 is 10.9. The number of nitriles is 1. The maximum absolute atomic E-state index is 11.3. The van der Waals surface area contributed by atoms with Gasteiger partial charge in [-0.2, -0.15) is 5.26 Å². The van der Waals surface area contributed by atoms with Gasteiger partial charge in [0.1, 0.15) is 6.61 Å². The third-order valence-corrected chi connectivity index (χ3v) is 3.05. The molecule has 0 bridgehead atoms. The molecule has 4 heteroatoms. The molecule has 0 aliphatic rings. The van der Waals surface area contributed by atoms with Crippen LogP contribution >= 0.6 is 0 Å². The largest absolute Gasteiger partial charge is 0.493 e. The van der Waals surface area contributed by atoms with E-state index in [4.69, 9.17) is 14.7 Å². The monoisotopic (exact) mass is 281 g/mol. The SMILES string of the molecule is COc1cc(C(C)=O)ccc1OCc1ccc(C#N)cc1. The van der Waals surface area contributed by atoms with Crippen LogP contribution in [-0.2, 0) is 6.61 Å². The predicted molar refractivity (Wildman–Crippen MR) is 78.5 cm³/mol. The second kappa shape index (κ2) is 6.58. The van der Waals surface area contributed by atoms with E-state index < -0.39 is 0 Å². The summed E-state index contributed by atoms with van der Waals surface area (Å²) in [5, 5.41) is 8.75.